The fourth-order valence-electron chi connectivity index (χ4n) is 0.649. The van der Waals surface area contributed by atoms with E-state index < -0.39 is 47.4 Å². The van der Waals surface area contributed by atoms with Gasteiger partial charge in [0.05, 0.1) is 6.21 Å². The summed E-state index contributed by atoms with van der Waals surface area (Å²) in [5.41, 5.74) is 2.18. The molecule has 0 unspecified atom stereocenters. The number of nitrogens with zero attached hydrogens (tertiary/aromatic N) is 1. The Morgan fingerprint density at radius 1 is 0.500 bits per heavy atom. The summed E-state index contributed by atoms with van der Waals surface area (Å²) in [6, 6.07) is 0. The van der Waals surface area contributed by atoms with E-state index in [-0.39, 0.29) is 11.6 Å². The molecule has 0 saturated heterocycles. The van der Waals surface area contributed by atoms with Crippen LogP contribution in [0.2, 0.25) is 0 Å². The molecule has 0 amide bonds. The van der Waals surface area contributed by atoms with E-state index in [9.17, 15) is 34.8 Å². The molecule has 0 saturated carbocycles. The number of rotatable bonds is 0. The molecule has 0 aromatic carbocycles. The first-order valence-corrected chi connectivity index (χ1v) is 17.3. The zero-order valence-electron chi connectivity index (χ0n) is 20.0. The van der Waals surface area contributed by atoms with E-state index in [0.29, 0.717) is 0 Å². The predicted octanol–water partition coefficient (Wildman–Crippen LogP) is 0.563. The van der Waals surface area contributed by atoms with Crippen molar-refractivity contribution in [3.8, 4) is 0 Å². The van der Waals surface area contributed by atoms with Crippen LogP contribution < -0.4 is 5.59 Å². The average molecular weight is 792 g/mol. The molecule has 13 N–H and O–H groups in total. The second-order valence-electron chi connectivity index (χ2n) is 5.12. The number of nitrogens with one attached hydrogen (secondary N) is 1. The molecule has 23 nitrogen and oxygen atoms in total. The molecule has 0 aromatic rings. The Morgan fingerprint density at radius 2 is 0.727 bits per heavy atom. The topological polar surface area (TPSA) is 413 Å². The number of carbonyl (C=O) groups is 2. The molecule has 35 heteroatoms. The summed E-state index contributed by atoms with van der Waals surface area (Å²) in [6.07, 6.45) is 8.69. The van der Waals surface area contributed by atoms with Gasteiger partial charge in [0.1, 0.15) is 6.26 Å². The first kappa shape index (κ1) is 54.8. The van der Waals surface area contributed by atoms with E-state index in [4.69, 9.17) is 86.1 Å². The second kappa shape index (κ2) is 26.5. The van der Waals surface area contributed by atoms with Crippen molar-refractivity contribution in [1.29, 1.82) is 0 Å². The van der Waals surface area contributed by atoms with E-state index in [1.807, 2.05) is 0 Å². The number of halogens is 6. The fourth-order valence-corrected chi connectivity index (χ4v) is 0.649. The first-order valence-electron chi connectivity index (χ1n) is 8.33. The molecular weight excluding hydrogens is 772 g/mol. The minimum Gasteiger partial charge on any atom is -0.373 e. The molecule has 1 heterocycles. The van der Waals surface area contributed by atoms with E-state index in [1.165, 1.54) is 24.4 Å². The van der Waals surface area contributed by atoms with Gasteiger partial charge in [0, 0.05) is 6.08 Å². The second-order valence-corrected chi connectivity index (χ2v) is 10.8. The third-order valence-electron chi connectivity index (χ3n) is 1.24. The van der Waals surface area contributed by atoms with Gasteiger partial charge in [0.15, 0.2) is 11.6 Å². The summed E-state index contributed by atoms with van der Waals surface area (Å²) in [5, 5.41) is 3.54. The molecule has 0 atom stereocenters. The summed E-state index contributed by atoms with van der Waals surface area (Å²) in [4.78, 5) is 110. The number of carbonyl (C=O) groups excluding carboxylic acids is 2. The summed E-state index contributed by atoms with van der Waals surface area (Å²) in [7, 11) is -30.8. The van der Waals surface area contributed by atoms with Gasteiger partial charge in [-0.3, -0.25) is 68.3 Å². The molecule has 0 fully saturated rings. The van der Waals surface area contributed by atoms with Crippen molar-refractivity contribution in [3.63, 3.8) is 0 Å². The van der Waals surface area contributed by atoms with Crippen LogP contribution in [0.4, 0.5) is 25.2 Å². The van der Waals surface area contributed by atoms with Crippen LogP contribution in [0.1, 0.15) is 0 Å². The van der Waals surface area contributed by atoms with Gasteiger partial charge in [0.25, 0.3) is 0 Å². The Labute approximate surface area is 238 Å². The van der Waals surface area contributed by atoms with Crippen LogP contribution in [0, 0.1) is 0 Å². The van der Waals surface area contributed by atoms with Crippen molar-refractivity contribution >= 4 is 65.2 Å². The maximum absolute atomic E-state index is 11.0. The Balaban J connectivity index is -0.000000103. The van der Waals surface area contributed by atoms with Crippen molar-refractivity contribution in [2.45, 2.75) is 0 Å². The lowest BCUT2D eigenvalue weighted by atomic mass is 10.3. The van der Waals surface area contributed by atoms with Crippen LogP contribution in [0.3, 0.4) is 0 Å². The van der Waals surface area contributed by atoms with Crippen LogP contribution in [0.15, 0.2) is 41.7 Å². The standard InChI is InChI=1S/C9H8N2O3.6FH2O3P/c12-8-2-1-6-10-11-14-7-5-9(13)4-3-8;6*1-5(2,3)4/h1-7,11H;6*(H2,2,3,4)/b2-1+,4-3-,7-5-,10-6-;;;;;;. The largest absolute Gasteiger partial charge is 0.507 e. The van der Waals surface area contributed by atoms with E-state index >= 15 is 0 Å². The summed E-state index contributed by atoms with van der Waals surface area (Å²) in [6.45, 7) is 0. The van der Waals surface area contributed by atoms with Gasteiger partial charge < -0.3 is 4.84 Å². The number of allylic oxidation sites excluding steroid dienone is 5. The highest BCUT2D eigenvalue weighted by atomic mass is 31.2. The van der Waals surface area contributed by atoms with Crippen LogP contribution in [-0.2, 0) is 41.8 Å². The monoisotopic (exact) mass is 792 g/mol. The average Bonchev–Trinajstić information content (AvgIpc) is 2.59. The molecule has 1 aliphatic heterocycles. The Bertz CT molecular complexity index is 1020. The van der Waals surface area contributed by atoms with Crippen molar-refractivity contribution in [1.82, 2.24) is 5.59 Å². The highest BCUT2D eigenvalue weighted by molar-refractivity contribution is 7.46. The van der Waals surface area contributed by atoms with Gasteiger partial charge in [0.2, 0.25) is 0 Å². The van der Waals surface area contributed by atoms with Gasteiger partial charge in [-0.05, 0) is 24.3 Å². The maximum atomic E-state index is 11.0. The van der Waals surface area contributed by atoms with Crippen molar-refractivity contribution in [3.05, 3.63) is 36.6 Å². The molecular formula is C9H20F6N2O21P6. The quantitative estimate of drug-likeness (QED) is 0.118. The number of hydrogen-bond donors (Lipinski definition) is 13. The maximum Gasteiger partial charge on any atom is 0.507 e. The molecule has 264 valence electrons. The van der Waals surface area contributed by atoms with Crippen LogP contribution in [0.5, 0.6) is 0 Å². The van der Waals surface area contributed by atoms with Crippen LogP contribution in [-0.4, -0.2) is 76.5 Å². The Morgan fingerprint density at radius 3 is 0.977 bits per heavy atom. The van der Waals surface area contributed by atoms with E-state index in [1.54, 1.807) is 0 Å². The van der Waals surface area contributed by atoms with E-state index in [0.717, 1.165) is 18.4 Å². The molecule has 1 rings (SSSR count). The van der Waals surface area contributed by atoms with Gasteiger partial charge >= 0.3 is 47.4 Å². The fraction of sp³-hybridized carbons (Fsp3) is 0. The zero-order valence-corrected chi connectivity index (χ0v) is 25.3. The molecule has 0 bridgehead atoms. The van der Waals surface area contributed by atoms with Crippen molar-refractivity contribution < 1.29 is 126 Å². The van der Waals surface area contributed by atoms with Gasteiger partial charge in [-0.15, -0.1) is 30.8 Å². The Hall–Kier alpha value is -1.69. The number of hydrazone groups is 1. The number of ketones is 2. The first-order chi connectivity index (χ1) is 18.8. The third-order valence-corrected chi connectivity index (χ3v) is 1.24. The highest BCUT2D eigenvalue weighted by Gasteiger charge is 2.07. The lowest BCUT2D eigenvalue weighted by Gasteiger charge is -1.94. The molecule has 0 spiro atoms. The molecule has 0 radical (unpaired) electrons. The lowest BCUT2D eigenvalue weighted by molar-refractivity contribution is -0.112. The SMILES string of the molecule is O=C1/C=C\ON/N=C\C=C\C(=O)/C=C\1.O=P(O)(O)F.O=P(O)(O)F.O=P(O)(O)F.O=P(O)(O)F.O=P(O)(O)F.O=P(O)(O)F. The third kappa shape index (κ3) is 304. The minimum absolute atomic E-state index is 0.278. The van der Waals surface area contributed by atoms with Crippen LogP contribution >= 0.6 is 47.4 Å². The predicted molar refractivity (Wildman–Crippen MR) is 129 cm³/mol. The lowest BCUT2D eigenvalue weighted by Crippen LogP contribution is -2.02. The zero-order chi connectivity index (χ0) is 37.2. The van der Waals surface area contributed by atoms with Gasteiger partial charge in [-0.1, -0.05) is 0 Å². The smallest absolute Gasteiger partial charge is 0.373 e. The highest BCUT2D eigenvalue weighted by Crippen LogP contribution is 2.37. The molecule has 0 aliphatic carbocycles. The van der Waals surface area contributed by atoms with Crippen molar-refractivity contribution in [2.75, 3.05) is 0 Å². The van der Waals surface area contributed by atoms with Crippen molar-refractivity contribution in [2.24, 2.45) is 5.10 Å². The summed E-state index contributed by atoms with van der Waals surface area (Å²) < 4.78 is 114. The summed E-state index contributed by atoms with van der Waals surface area (Å²) in [5.74, 6) is -0.613. The van der Waals surface area contributed by atoms with Gasteiger partial charge in [-0.25, -0.2) is 27.4 Å². The molecule has 44 heavy (non-hydrogen) atoms. The summed E-state index contributed by atoms with van der Waals surface area (Å²) >= 11 is 0. The number of hydrogen-bond acceptors (Lipinski definition) is 11. The van der Waals surface area contributed by atoms with E-state index in [2.05, 4.69) is 15.5 Å². The van der Waals surface area contributed by atoms with Gasteiger partial charge in [-0.2, -0.15) is 5.10 Å². The normalized spacial score (nSPS) is 16.3. The molecule has 0 aromatic heterocycles. The van der Waals surface area contributed by atoms with Crippen LogP contribution in [0.25, 0.3) is 0 Å². The Kier molecular flexibility index (Phi) is 33.0. The minimum atomic E-state index is -5.14. The molecule has 1 aliphatic rings.